The lowest BCUT2D eigenvalue weighted by atomic mass is 9.94. The average molecular weight is 276 g/mol. The van der Waals surface area contributed by atoms with Gasteiger partial charge in [0.15, 0.2) is 0 Å². The molecule has 98 valence electrons. The summed E-state index contributed by atoms with van der Waals surface area (Å²) in [4.78, 5) is 11.6. The molecule has 0 amide bonds. The van der Waals surface area contributed by atoms with Crippen molar-refractivity contribution >= 4 is 17.7 Å². The van der Waals surface area contributed by atoms with Gasteiger partial charge in [-0.15, -0.1) is 11.8 Å². The number of carboxylic acid groups (broad SMARTS) is 1. The third kappa shape index (κ3) is 2.34. The predicted molar refractivity (Wildman–Crippen MR) is 61.7 cm³/mol. The van der Waals surface area contributed by atoms with Crippen molar-refractivity contribution in [2.24, 2.45) is 5.92 Å². The van der Waals surface area contributed by atoms with E-state index in [1.54, 1.807) is 25.1 Å². The van der Waals surface area contributed by atoms with Gasteiger partial charge in [-0.2, -0.15) is 13.2 Å². The molecule has 6 heteroatoms. The fraction of sp³-hybridized carbons (Fsp3) is 0.417. The second-order valence-electron chi connectivity index (χ2n) is 4.29. The van der Waals surface area contributed by atoms with Crippen LogP contribution in [0, 0.1) is 12.8 Å². The van der Waals surface area contributed by atoms with E-state index < -0.39 is 23.3 Å². The second-order valence-corrected chi connectivity index (χ2v) is 5.44. The molecule has 0 unspecified atom stereocenters. The molecule has 0 saturated carbocycles. The van der Waals surface area contributed by atoms with Crippen LogP contribution in [0.2, 0.25) is 0 Å². The van der Waals surface area contributed by atoms with Crippen LogP contribution in [0.5, 0.6) is 0 Å². The molecular formula is C12H11F3O2S. The number of fused-ring (bicyclic) bond motifs is 1. The molecule has 1 aliphatic rings. The molecule has 0 aromatic heterocycles. The summed E-state index contributed by atoms with van der Waals surface area (Å²) in [6.07, 6.45) is -4.57. The highest BCUT2D eigenvalue weighted by Gasteiger charge is 2.50. The topological polar surface area (TPSA) is 37.3 Å². The van der Waals surface area contributed by atoms with Crippen LogP contribution in [0.3, 0.4) is 0 Å². The van der Waals surface area contributed by atoms with Crippen molar-refractivity contribution in [3.05, 3.63) is 29.3 Å². The SMILES string of the molecule is Cc1cccc2c1S[C@H](C(F)(F)F)[C@@H](C(=O)O)C2. The highest BCUT2D eigenvalue weighted by Crippen LogP contribution is 2.47. The van der Waals surface area contributed by atoms with Gasteiger partial charge in [-0.3, -0.25) is 4.79 Å². The maximum atomic E-state index is 12.9. The highest BCUT2D eigenvalue weighted by atomic mass is 32.2. The monoisotopic (exact) mass is 276 g/mol. The van der Waals surface area contributed by atoms with E-state index in [1.165, 1.54) is 0 Å². The second kappa shape index (κ2) is 4.50. The van der Waals surface area contributed by atoms with Crippen molar-refractivity contribution in [3.8, 4) is 0 Å². The predicted octanol–water partition coefficient (Wildman–Crippen LogP) is 3.27. The maximum Gasteiger partial charge on any atom is 0.401 e. The van der Waals surface area contributed by atoms with Gasteiger partial charge in [0, 0.05) is 4.90 Å². The Hall–Kier alpha value is -1.17. The summed E-state index contributed by atoms with van der Waals surface area (Å²) >= 11 is 0.621. The molecule has 1 heterocycles. The lowest BCUT2D eigenvalue weighted by Gasteiger charge is -2.32. The minimum atomic E-state index is -4.51. The zero-order valence-electron chi connectivity index (χ0n) is 9.49. The number of hydrogen-bond donors (Lipinski definition) is 1. The number of carboxylic acids is 1. The number of halogens is 3. The van der Waals surface area contributed by atoms with Crippen LogP contribution in [-0.2, 0) is 11.2 Å². The van der Waals surface area contributed by atoms with E-state index in [1.807, 2.05) is 0 Å². The van der Waals surface area contributed by atoms with Crippen molar-refractivity contribution in [2.45, 2.75) is 29.7 Å². The van der Waals surface area contributed by atoms with Crippen molar-refractivity contribution in [1.82, 2.24) is 0 Å². The summed E-state index contributed by atoms with van der Waals surface area (Å²) in [5, 5.41) is 7.08. The third-order valence-corrected chi connectivity index (χ3v) is 4.65. The lowest BCUT2D eigenvalue weighted by Crippen LogP contribution is -2.41. The molecule has 1 aromatic carbocycles. The van der Waals surface area contributed by atoms with Gasteiger partial charge in [-0.05, 0) is 24.5 Å². The molecule has 0 aliphatic carbocycles. The smallest absolute Gasteiger partial charge is 0.401 e. The average Bonchev–Trinajstić information content (AvgIpc) is 2.26. The highest BCUT2D eigenvalue weighted by molar-refractivity contribution is 8.00. The maximum absolute atomic E-state index is 12.9. The number of aliphatic carboxylic acids is 1. The van der Waals surface area contributed by atoms with Gasteiger partial charge in [0.05, 0.1) is 5.92 Å². The standard InChI is InChI=1S/C12H11F3O2S/c1-6-3-2-4-7-5-8(11(16)17)10(12(13,14)15)18-9(6)7/h2-4,8,10H,5H2,1H3,(H,16,17)/t8-,10-/m0/s1. The molecule has 0 bridgehead atoms. The Balaban J connectivity index is 2.44. The Morgan fingerprint density at radius 3 is 2.67 bits per heavy atom. The van der Waals surface area contributed by atoms with Crippen molar-refractivity contribution in [2.75, 3.05) is 0 Å². The number of thioether (sulfide) groups is 1. The number of aryl methyl sites for hydroxylation is 1. The van der Waals surface area contributed by atoms with Crippen molar-refractivity contribution in [1.29, 1.82) is 0 Å². The first-order valence-electron chi connectivity index (χ1n) is 5.35. The van der Waals surface area contributed by atoms with E-state index in [0.717, 1.165) is 5.56 Å². The third-order valence-electron chi connectivity index (χ3n) is 2.98. The van der Waals surface area contributed by atoms with E-state index >= 15 is 0 Å². The molecule has 0 spiro atoms. The molecule has 0 fully saturated rings. The van der Waals surface area contributed by atoms with Crippen LogP contribution in [0.1, 0.15) is 11.1 Å². The first-order valence-corrected chi connectivity index (χ1v) is 6.23. The molecule has 0 radical (unpaired) electrons. The van der Waals surface area contributed by atoms with Gasteiger partial charge in [0.25, 0.3) is 0 Å². The largest absolute Gasteiger partial charge is 0.481 e. The quantitative estimate of drug-likeness (QED) is 0.855. The first-order chi connectivity index (χ1) is 8.30. The zero-order chi connectivity index (χ0) is 13.5. The Labute approximate surface area is 106 Å². The molecule has 1 N–H and O–H groups in total. The van der Waals surface area contributed by atoms with E-state index in [4.69, 9.17) is 5.11 Å². The number of hydrogen-bond acceptors (Lipinski definition) is 2. The van der Waals surface area contributed by atoms with Crippen LogP contribution in [0.4, 0.5) is 13.2 Å². The van der Waals surface area contributed by atoms with Crippen molar-refractivity contribution < 1.29 is 23.1 Å². The van der Waals surface area contributed by atoms with E-state index in [-0.39, 0.29) is 6.42 Å². The molecule has 1 aliphatic heterocycles. The molecule has 2 nitrogen and oxygen atoms in total. The molecule has 1 aromatic rings. The van der Waals surface area contributed by atoms with Gasteiger partial charge in [-0.1, -0.05) is 18.2 Å². The fourth-order valence-corrected chi connectivity index (χ4v) is 3.43. The Morgan fingerprint density at radius 1 is 1.44 bits per heavy atom. The zero-order valence-corrected chi connectivity index (χ0v) is 10.3. The normalized spacial score (nSPS) is 23.6. The van der Waals surface area contributed by atoms with Crippen LogP contribution in [-0.4, -0.2) is 22.5 Å². The van der Waals surface area contributed by atoms with E-state index in [0.29, 0.717) is 22.2 Å². The van der Waals surface area contributed by atoms with Crippen LogP contribution >= 0.6 is 11.8 Å². The summed E-state index contributed by atoms with van der Waals surface area (Å²) in [5.74, 6) is -2.80. The Bertz CT molecular complexity index is 485. The minimum Gasteiger partial charge on any atom is -0.481 e. The van der Waals surface area contributed by atoms with E-state index in [9.17, 15) is 18.0 Å². The minimum absolute atomic E-state index is 0.0659. The van der Waals surface area contributed by atoms with E-state index in [2.05, 4.69) is 0 Å². The summed E-state index contributed by atoms with van der Waals surface area (Å²) in [5.41, 5.74) is 1.45. The Kier molecular flexibility index (Phi) is 3.31. The summed E-state index contributed by atoms with van der Waals surface area (Å²) in [6, 6.07) is 5.17. The first kappa shape index (κ1) is 13.3. The number of carbonyl (C=O) groups is 1. The number of benzene rings is 1. The molecule has 0 saturated heterocycles. The summed E-state index contributed by atoms with van der Waals surface area (Å²) < 4.78 is 38.7. The van der Waals surface area contributed by atoms with Crippen LogP contribution in [0.15, 0.2) is 23.1 Å². The molecular weight excluding hydrogens is 265 g/mol. The van der Waals surface area contributed by atoms with Gasteiger partial charge < -0.3 is 5.11 Å². The van der Waals surface area contributed by atoms with Crippen LogP contribution in [0.25, 0.3) is 0 Å². The summed E-state index contributed by atoms with van der Waals surface area (Å²) in [7, 11) is 0. The van der Waals surface area contributed by atoms with Gasteiger partial charge in [0.1, 0.15) is 5.25 Å². The summed E-state index contributed by atoms with van der Waals surface area (Å²) in [6.45, 7) is 1.74. The van der Waals surface area contributed by atoms with Crippen molar-refractivity contribution in [3.63, 3.8) is 0 Å². The van der Waals surface area contributed by atoms with Gasteiger partial charge >= 0.3 is 12.1 Å². The Morgan fingerprint density at radius 2 is 2.11 bits per heavy atom. The van der Waals surface area contributed by atoms with Gasteiger partial charge in [-0.25, -0.2) is 0 Å². The lowest BCUT2D eigenvalue weighted by molar-refractivity contribution is -0.160. The number of rotatable bonds is 1. The fourth-order valence-electron chi connectivity index (χ4n) is 2.11. The molecule has 2 rings (SSSR count). The molecule has 2 atom stereocenters. The van der Waals surface area contributed by atoms with Gasteiger partial charge in [0.2, 0.25) is 0 Å². The number of alkyl halides is 3. The molecule has 18 heavy (non-hydrogen) atoms. The van der Waals surface area contributed by atoms with Crippen LogP contribution < -0.4 is 0 Å².